The Morgan fingerprint density at radius 1 is 0.792 bits per heavy atom. The molecular formula is C19H31NO4. The molecule has 0 bridgehead atoms. The van der Waals surface area contributed by atoms with Gasteiger partial charge in [-0.3, -0.25) is 4.90 Å². The molecule has 1 aliphatic carbocycles. The van der Waals surface area contributed by atoms with Crippen molar-refractivity contribution in [3.05, 3.63) is 36.0 Å². The molecule has 1 heterocycles. The van der Waals surface area contributed by atoms with E-state index < -0.39 is 0 Å². The monoisotopic (exact) mass is 337 g/mol. The number of hydrogen-bond acceptors (Lipinski definition) is 5. The summed E-state index contributed by atoms with van der Waals surface area (Å²) in [4.78, 5) is 2.36. The molecule has 1 aliphatic heterocycles. The van der Waals surface area contributed by atoms with Crippen LogP contribution in [0.1, 0.15) is 12.8 Å². The van der Waals surface area contributed by atoms with Crippen LogP contribution in [-0.4, -0.2) is 77.4 Å². The predicted molar refractivity (Wildman–Crippen MR) is 95.3 cm³/mol. The van der Waals surface area contributed by atoms with E-state index in [4.69, 9.17) is 18.9 Å². The fraction of sp³-hybridized carbons (Fsp3) is 0.684. The molecule has 136 valence electrons. The van der Waals surface area contributed by atoms with Gasteiger partial charge in [0, 0.05) is 19.6 Å². The van der Waals surface area contributed by atoms with Crippen LogP contribution < -0.4 is 0 Å². The van der Waals surface area contributed by atoms with Crippen molar-refractivity contribution < 1.29 is 18.9 Å². The largest absolute Gasteiger partial charge is 0.378 e. The molecule has 0 saturated carbocycles. The van der Waals surface area contributed by atoms with E-state index in [0.717, 1.165) is 45.7 Å². The van der Waals surface area contributed by atoms with Gasteiger partial charge < -0.3 is 18.9 Å². The molecule has 5 nitrogen and oxygen atoms in total. The molecule has 0 atom stereocenters. The second-order valence-corrected chi connectivity index (χ2v) is 5.88. The Kier molecular flexibility index (Phi) is 10.7. The van der Waals surface area contributed by atoms with Gasteiger partial charge in [-0.2, -0.15) is 0 Å². The Hall–Kier alpha value is -0.980. The molecule has 1 fully saturated rings. The van der Waals surface area contributed by atoms with Gasteiger partial charge in [0.05, 0.1) is 52.9 Å². The van der Waals surface area contributed by atoms with Crippen molar-refractivity contribution in [2.75, 3.05) is 72.5 Å². The first-order chi connectivity index (χ1) is 11.9. The van der Waals surface area contributed by atoms with Gasteiger partial charge in [0.15, 0.2) is 0 Å². The maximum atomic E-state index is 5.64. The highest BCUT2D eigenvalue weighted by molar-refractivity contribution is 5.24. The summed E-state index contributed by atoms with van der Waals surface area (Å²) >= 11 is 0. The smallest absolute Gasteiger partial charge is 0.0701 e. The minimum Gasteiger partial charge on any atom is -0.378 e. The van der Waals surface area contributed by atoms with Crippen molar-refractivity contribution in [1.29, 1.82) is 0 Å². The van der Waals surface area contributed by atoms with Crippen molar-refractivity contribution >= 4 is 0 Å². The highest BCUT2D eigenvalue weighted by Crippen LogP contribution is 2.14. The minimum absolute atomic E-state index is 0.617. The molecule has 0 radical (unpaired) electrons. The fourth-order valence-electron chi connectivity index (χ4n) is 2.54. The lowest BCUT2D eigenvalue weighted by Crippen LogP contribution is -2.31. The zero-order valence-corrected chi connectivity index (χ0v) is 14.7. The third-order valence-corrected chi connectivity index (χ3v) is 3.98. The molecular weight excluding hydrogens is 306 g/mol. The zero-order chi connectivity index (χ0) is 16.7. The first-order valence-electron chi connectivity index (χ1n) is 8.98. The number of allylic oxidation sites excluding steroid dienone is 5. The highest BCUT2D eigenvalue weighted by atomic mass is 16.6. The Morgan fingerprint density at radius 2 is 1.38 bits per heavy atom. The molecule has 0 N–H and O–H groups in total. The van der Waals surface area contributed by atoms with Gasteiger partial charge in [-0.05, 0) is 12.8 Å². The van der Waals surface area contributed by atoms with Crippen LogP contribution in [-0.2, 0) is 18.9 Å². The quantitative estimate of drug-likeness (QED) is 0.736. The van der Waals surface area contributed by atoms with Crippen LogP contribution in [0.25, 0.3) is 0 Å². The van der Waals surface area contributed by atoms with Gasteiger partial charge in [0.1, 0.15) is 0 Å². The van der Waals surface area contributed by atoms with E-state index in [9.17, 15) is 0 Å². The van der Waals surface area contributed by atoms with Crippen molar-refractivity contribution in [3.8, 4) is 0 Å². The molecule has 0 aromatic carbocycles. The SMILES string of the molecule is C1=CCC(C/C=C/CN2CCOCCOCCOCCOCC2)=C1. The van der Waals surface area contributed by atoms with Gasteiger partial charge in [0.25, 0.3) is 0 Å². The number of hydrogen-bond donors (Lipinski definition) is 0. The third-order valence-electron chi connectivity index (χ3n) is 3.98. The first kappa shape index (κ1) is 19.3. The van der Waals surface area contributed by atoms with E-state index in [1.54, 1.807) is 0 Å². The zero-order valence-electron chi connectivity index (χ0n) is 14.7. The maximum Gasteiger partial charge on any atom is 0.0701 e. The summed E-state index contributed by atoms with van der Waals surface area (Å²) in [5.74, 6) is 0. The lowest BCUT2D eigenvalue weighted by atomic mass is 10.1. The molecule has 2 aliphatic rings. The molecule has 0 amide bonds. The van der Waals surface area contributed by atoms with Crippen LogP contribution in [0.4, 0.5) is 0 Å². The standard InChI is InChI=1S/C19H31NO4/c1-2-6-19(5-1)7-3-4-8-20-9-11-21-13-15-23-17-18-24-16-14-22-12-10-20/h1-5H,6-18H2/b4-3+. The lowest BCUT2D eigenvalue weighted by Gasteiger charge is -2.20. The minimum atomic E-state index is 0.617. The summed E-state index contributed by atoms with van der Waals surface area (Å²) in [5.41, 5.74) is 1.48. The number of nitrogens with zero attached hydrogens (tertiary/aromatic N) is 1. The van der Waals surface area contributed by atoms with E-state index in [1.807, 2.05) is 0 Å². The van der Waals surface area contributed by atoms with Crippen LogP contribution in [0.3, 0.4) is 0 Å². The van der Waals surface area contributed by atoms with E-state index in [-0.39, 0.29) is 0 Å². The Balaban J connectivity index is 1.66. The van der Waals surface area contributed by atoms with E-state index in [2.05, 4.69) is 35.3 Å². The molecule has 1 saturated heterocycles. The summed E-state index contributed by atoms with van der Waals surface area (Å²) in [6.45, 7) is 7.97. The van der Waals surface area contributed by atoms with Crippen LogP contribution in [0.15, 0.2) is 36.0 Å². The second kappa shape index (κ2) is 13.3. The van der Waals surface area contributed by atoms with Crippen molar-refractivity contribution in [2.45, 2.75) is 12.8 Å². The number of ether oxygens (including phenoxy) is 4. The van der Waals surface area contributed by atoms with Crippen molar-refractivity contribution in [3.63, 3.8) is 0 Å². The average Bonchev–Trinajstić information content (AvgIpc) is 3.10. The van der Waals surface area contributed by atoms with Crippen molar-refractivity contribution in [2.24, 2.45) is 0 Å². The fourth-order valence-corrected chi connectivity index (χ4v) is 2.54. The highest BCUT2D eigenvalue weighted by Gasteiger charge is 2.04. The summed E-state index contributed by atoms with van der Waals surface area (Å²) < 4.78 is 22.2. The normalized spacial score (nSPS) is 23.1. The molecule has 5 heteroatoms. The topological polar surface area (TPSA) is 40.2 Å². The molecule has 0 aromatic rings. The first-order valence-corrected chi connectivity index (χ1v) is 8.98. The van der Waals surface area contributed by atoms with Gasteiger partial charge >= 0.3 is 0 Å². The molecule has 0 spiro atoms. The van der Waals surface area contributed by atoms with E-state index >= 15 is 0 Å². The lowest BCUT2D eigenvalue weighted by molar-refractivity contribution is 0.00206. The van der Waals surface area contributed by atoms with Crippen LogP contribution in [0, 0.1) is 0 Å². The molecule has 0 aromatic heterocycles. The Morgan fingerprint density at radius 3 is 1.92 bits per heavy atom. The Bertz CT molecular complexity index is 390. The van der Waals surface area contributed by atoms with Crippen LogP contribution in [0.2, 0.25) is 0 Å². The van der Waals surface area contributed by atoms with E-state index in [1.165, 1.54) is 5.57 Å². The van der Waals surface area contributed by atoms with E-state index in [0.29, 0.717) is 39.6 Å². The Labute approximate surface area is 145 Å². The molecule has 24 heavy (non-hydrogen) atoms. The second-order valence-electron chi connectivity index (χ2n) is 5.88. The van der Waals surface area contributed by atoms with Crippen LogP contribution >= 0.6 is 0 Å². The van der Waals surface area contributed by atoms with Crippen LogP contribution in [0.5, 0.6) is 0 Å². The summed E-state index contributed by atoms with van der Waals surface area (Å²) in [5, 5.41) is 0. The van der Waals surface area contributed by atoms with Gasteiger partial charge in [0.2, 0.25) is 0 Å². The molecule has 0 unspecified atom stereocenters. The summed E-state index contributed by atoms with van der Waals surface area (Å²) in [7, 11) is 0. The van der Waals surface area contributed by atoms with Crippen molar-refractivity contribution in [1.82, 2.24) is 4.90 Å². The summed E-state index contributed by atoms with van der Waals surface area (Å²) in [6, 6.07) is 0. The third kappa shape index (κ3) is 9.35. The van der Waals surface area contributed by atoms with Gasteiger partial charge in [-0.1, -0.05) is 36.0 Å². The predicted octanol–water partition coefficient (Wildman–Crippen LogP) is 2.20. The molecule has 2 rings (SSSR count). The average molecular weight is 337 g/mol. The number of rotatable bonds is 4. The summed E-state index contributed by atoms with van der Waals surface area (Å²) in [6.07, 6.45) is 13.2. The maximum absolute atomic E-state index is 5.64. The van der Waals surface area contributed by atoms with Gasteiger partial charge in [-0.15, -0.1) is 0 Å². The van der Waals surface area contributed by atoms with Gasteiger partial charge in [-0.25, -0.2) is 0 Å².